The number of amides is 1. The van der Waals surface area contributed by atoms with Gasteiger partial charge in [0.25, 0.3) is 11.7 Å². The van der Waals surface area contributed by atoms with E-state index in [0.717, 1.165) is 12.0 Å². The molecule has 1 aromatic heterocycles. The number of Topliss-reactive ketones (excluding diaryl/α,β-unsaturated/α-hetero) is 1. The monoisotopic (exact) mass is 417 g/mol. The number of benzene rings is 2. The Morgan fingerprint density at radius 2 is 1.77 bits per heavy atom. The van der Waals surface area contributed by atoms with Crippen molar-refractivity contribution in [1.29, 1.82) is 0 Å². The number of hydrogen-bond acceptors (Lipinski definition) is 5. The van der Waals surface area contributed by atoms with Crippen LogP contribution in [0.1, 0.15) is 36.3 Å². The first-order chi connectivity index (χ1) is 15.1. The zero-order valence-electron chi connectivity index (χ0n) is 17.2. The quantitative estimate of drug-likeness (QED) is 0.343. The zero-order valence-corrected chi connectivity index (χ0v) is 17.2. The van der Waals surface area contributed by atoms with E-state index in [4.69, 9.17) is 9.15 Å². The molecule has 31 heavy (non-hydrogen) atoms. The van der Waals surface area contributed by atoms with Gasteiger partial charge in [0.05, 0.1) is 31.0 Å². The van der Waals surface area contributed by atoms with E-state index in [1.54, 1.807) is 36.4 Å². The van der Waals surface area contributed by atoms with Crippen molar-refractivity contribution in [3.05, 3.63) is 95.5 Å². The number of aliphatic hydroxyl groups is 1. The standard InChI is InChI=1S/C25H23NO5/c1-2-14-30-19-12-10-18(11-13-19)23(27)21-22(17-7-4-3-5-8-17)26(25(29)24(21)28)16-20-9-6-15-31-20/h3-13,15,22,27H,2,14,16H2,1H3/b23-21-. The molecule has 1 aliphatic rings. The Kier molecular flexibility index (Phi) is 5.89. The highest BCUT2D eigenvalue weighted by atomic mass is 16.5. The van der Waals surface area contributed by atoms with E-state index in [2.05, 4.69) is 0 Å². The van der Waals surface area contributed by atoms with Gasteiger partial charge in [0.2, 0.25) is 0 Å². The van der Waals surface area contributed by atoms with Gasteiger partial charge in [-0.2, -0.15) is 0 Å². The van der Waals surface area contributed by atoms with E-state index in [1.807, 2.05) is 37.3 Å². The third-order valence-electron chi connectivity index (χ3n) is 5.16. The average molecular weight is 417 g/mol. The molecular weight excluding hydrogens is 394 g/mol. The number of ether oxygens (including phenoxy) is 1. The number of nitrogens with zero attached hydrogens (tertiary/aromatic N) is 1. The van der Waals surface area contributed by atoms with Gasteiger partial charge in [-0.1, -0.05) is 37.3 Å². The highest BCUT2D eigenvalue weighted by Crippen LogP contribution is 2.40. The van der Waals surface area contributed by atoms with Gasteiger partial charge in [0.15, 0.2) is 0 Å². The first kappa shape index (κ1) is 20.5. The van der Waals surface area contributed by atoms with Crippen LogP contribution in [0.15, 0.2) is 83.0 Å². The van der Waals surface area contributed by atoms with Gasteiger partial charge in [-0.15, -0.1) is 0 Å². The Bertz CT molecular complexity index is 1080. The van der Waals surface area contributed by atoms with Crippen LogP contribution in [0, 0.1) is 0 Å². The third-order valence-corrected chi connectivity index (χ3v) is 5.16. The van der Waals surface area contributed by atoms with Crippen LogP contribution in [-0.4, -0.2) is 28.3 Å². The van der Waals surface area contributed by atoms with Gasteiger partial charge in [-0.05, 0) is 48.4 Å². The molecule has 0 radical (unpaired) electrons. The molecule has 1 unspecified atom stereocenters. The Morgan fingerprint density at radius 3 is 2.42 bits per heavy atom. The highest BCUT2D eigenvalue weighted by Gasteiger charge is 2.46. The van der Waals surface area contributed by atoms with Crippen LogP contribution in [0.25, 0.3) is 5.76 Å². The minimum Gasteiger partial charge on any atom is -0.507 e. The number of carbonyl (C=O) groups excluding carboxylic acids is 2. The van der Waals surface area contributed by atoms with Crippen molar-refractivity contribution in [2.45, 2.75) is 25.9 Å². The lowest BCUT2D eigenvalue weighted by molar-refractivity contribution is -0.140. The maximum atomic E-state index is 13.0. The first-order valence-electron chi connectivity index (χ1n) is 10.2. The number of rotatable bonds is 7. The summed E-state index contributed by atoms with van der Waals surface area (Å²) in [5.74, 6) is -0.369. The molecule has 1 atom stereocenters. The van der Waals surface area contributed by atoms with Crippen LogP contribution in [0.2, 0.25) is 0 Å². The SMILES string of the molecule is CCCOc1ccc(/C(O)=C2/C(=O)C(=O)N(Cc3ccco3)C2c2ccccc2)cc1. The van der Waals surface area contributed by atoms with Gasteiger partial charge in [0.1, 0.15) is 17.3 Å². The molecule has 6 nitrogen and oxygen atoms in total. The second kappa shape index (κ2) is 8.92. The Balaban J connectivity index is 1.76. The lowest BCUT2D eigenvalue weighted by Gasteiger charge is -2.24. The summed E-state index contributed by atoms with van der Waals surface area (Å²) in [6, 6.07) is 18.8. The van der Waals surface area contributed by atoms with Gasteiger partial charge in [-0.3, -0.25) is 9.59 Å². The Morgan fingerprint density at radius 1 is 1.03 bits per heavy atom. The van der Waals surface area contributed by atoms with Crippen LogP contribution in [-0.2, 0) is 16.1 Å². The van der Waals surface area contributed by atoms with Gasteiger partial charge in [-0.25, -0.2) is 0 Å². The minimum absolute atomic E-state index is 0.0602. The third kappa shape index (κ3) is 4.10. The number of hydrogen-bond donors (Lipinski definition) is 1. The summed E-state index contributed by atoms with van der Waals surface area (Å²) in [6.07, 6.45) is 2.41. The van der Waals surface area contributed by atoms with E-state index in [9.17, 15) is 14.7 Å². The van der Waals surface area contributed by atoms with Gasteiger partial charge in [0, 0.05) is 5.56 Å². The molecule has 2 aromatic carbocycles. The molecule has 1 amide bonds. The summed E-state index contributed by atoms with van der Waals surface area (Å²) in [7, 11) is 0. The molecule has 0 saturated carbocycles. The number of aliphatic hydroxyl groups excluding tert-OH is 1. The number of carbonyl (C=O) groups is 2. The normalized spacial score (nSPS) is 17.8. The molecule has 6 heteroatoms. The van der Waals surface area contributed by atoms with Crippen molar-refractivity contribution in [2.24, 2.45) is 0 Å². The molecule has 1 N–H and O–H groups in total. The molecular formula is C25H23NO5. The minimum atomic E-state index is -0.720. The van der Waals surface area contributed by atoms with Crippen LogP contribution >= 0.6 is 0 Å². The average Bonchev–Trinajstić information content (AvgIpc) is 3.40. The Labute approximate surface area is 180 Å². The van der Waals surface area contributed by atoms with E-state index in [-0.39, 0.29) is 17.9 Å². The second-order valence-electron chi connectivity index (χ2n) is 7.29. The molecule has 0 aliphatic carbocycles. The van der Waals surface area contributed by atoms with Crippen molar-refractivity contribution in [1.82, 2.24) is 4.90 Å². The summed E-state index contributed by atoms with van der Waals surface area (Å²) in [4.78, 5) is 27.3. The summed E-state index contributed by atoms with van der Waals surface area (Å²) in [5, 5.41) is 11.1. The fourth-order valence-electron chi connectivity index (χ4n) is 3.68. The molecule has 0 spiro atoms. The van der Waals surface area contributed by atoms with Crippen LogP contribution in [0.3, 0.4) is 0 Å². The molecule has 1 saturated heterocycles. The largest absolute Gasteiger partial charge is 0.507 e. The topological polar surface area (TPSA) is 80.0 Å². The van der Waals surface area contributed by atoms with Crippen molar-refractivity contribution >= 4 is 17.4 Å². The van der Waals surface area contributed by atoms with Crippen molar-refractivity contribution < 1.29 is 23.8 Å². The summed E-state index contributed by atoms with van der Waals surface area (Å²) in [6.45, 7) is 2.74. The molecule has 158 valence electrons. The van der Waals surface area contributed by atoms with Crippen LogP contribution < -0.4 is 4.74 Å². The summed E-state index contributed by atoms with van der Waals surface area (Å²) in [5.41, 5.74) is 1.24. The number of ketones is 1. The lowest BCUT2D eigenvalue weighted by atomic mass is 9.95. The predicted molar refractivity (Wildman–Crippen MR) is 115 cm³/mol. The smallest absolute Gasteiger partial charge is 0.296 e. The zero-order chi connectivity index (χ0) is 21.8. The summed E-state index contributed by atoms with van der Waals surface area (Å²) < 4.78 is 11.0. The molecule has 4 rings (SSSR count). The second-order valence-corrected chi connectivity index (χ2v) is 7.29. The van der Waals surface area contributed by atoms with E-state index in [0.29, 0.717) is 23.7 Å². The molecule has 3 aromatic rings. The molecule has 1 fully saturated rings. The van der Waals surface area contributed by atoms with Crippen LogP contribution in [0.4, 0.5) is 0 Å². The predicted octanol–water partition coefficient (Wildman–Crippen LogP) is 4.69. The van der Waals surface area contributed by atoms with Gasteiger partial charge >= 0.3 is 0 Å². The van der Waals surface area contributed by atoms with E-state index in [1.165, 1.54) is 11.2 Å². The highest BCUT2D eigenvalue weighted by molar-refractivity contribution is 6.46. The first-order valence-corrected chi connectivity index (χ1v) is 10.2. The maximum Gasteiger partial charge on any atom is 0.296 e. The maximum absolute atomic E-state index is 13.0. The van der Waals surface area contributed by atoms with E-state index < -0.39 is 17.7 Å². The fourth-order valence-corrected chi connectivity index (χ4v) is 3.68. The van der Waals surface area contributed by atoms with Crippen LogP contribution in [0.5, 0.6) is 5.75 Å². The van der Waals surface area contributed by atoms with Crippen molar-refractivity contribution in [3.63, 3.8) is 0 Å². The van der Waals surface area contributed by atoms with Gasteiger partial charge < -0.3 is 19.2 Å². The molecule has 1 aliphatic heterocycles. The lowest BCUT2D eigenvalue weighted by Crippen LogP contribution is -2.29. The Hall–Kier alpha value is -3.80. The summed E-state index contributed by atoms with van der Waals surface area (Å²) >= 11 is 0. The van der Waals surface area contributed by atoms with Crippen molar-refractivity contribution in [2.75, 3.05) is 6.61 Å². The van der Waals surface area contributed by atoms with Crippen molar-refractivity contribution in [3.8, 4) is 5.75 Å². The number of furan rings is 1. The molecule has 0 bridgehead atoms. The fraction of sp³-hybridized carbons (Fsp3) is 0.200. The molecule has 2 heterocycles. The van der Waals surface area contributed by atoms with E-state index >= 15 is 0 Å². The number of likely N-dealkylation sites (tertiary alicyclic amines) is 1.